The van der Waals surface area contributed by atoms with Gasteiger partial charge in [0.2, 0.25) is 5.91 Å². The Morgan fingerprint density at radius 2 is 1.67 bits per heavy atom. The monoisotopic (exact) mass is 488 g/mol. The molecule has 2 N–H and O–H groups in total. The molecule has 1 unspecified atom stereocenters. The predicted octanol–water partition coefficient (Wildman–Crippen LogP) is 3.87. The maximum Gasteiger partial charge on any atom is 0.325 e. The van der Waals surface area contributed by atoms with Crippen LogP contribution in [0, 0.1) is 0 Å². The first kappa shape index (κ1) is 26.0. The lowest BCUT2D eigenvalue weighted by Gasteiger charge is -2.30. The summed E-state index contributed by atoms with van der Waals surface area (Å²) in [5, 5.41) is 12.4. The number of amides is 2. The summed E-state index contributed by atoms with van der Waals surface area (Å²) in [5.41, 5.74) is 1.68. The molecule has 0 aromatic heterocycles. The highest BCUT2D eigenvalue weighted by atomic mass is 16.5. The fraction of sp³-hybridized carbons (Fsp3) is 0.179. The minimum absolute atomic E-state index is 0.0192. The Labute approximate surface area is 209 Å². The molecule has 0 bridgehead atoms. The number of phenolic OH excluding ortho intramolecular Hbond substituents is 1. The largest absolute Gasteiger partial charge is 0.504 e. The van der Waals surface area contributed by atoms with Crippen LogP contribution < -0.4 is 15.0 Å². The molecule has 0 aliphatic rings. The molecule has 186 valence electrons. The SMILES string of the molecule is CCOC(=O)CNC(=O)C(c1ccccc1)N(C(=O)/C=C/c1ccc(O)c(OC)c1)c1ccccc1. The Morgan fingerprint density at radius 1 is 1.00 bits per heavy atom. The van der Waals surface area contributed by atoms with E-state index in [1.54, 1.807) is 73.7 Å². The van der Waals surface area contributed by atoms with E-state index in [2.05, 4.69) is 5.32 Å². The van der Waals surface area contributed by atoms with Gasteiger partial charge in [-0.15, -0.1) is 0 Å². The number of hydrogen-bond acceptors (Lipinski definition) is 6. The van der Waals surface area contributed by atoms with Crippen LogP contribution >= 0.6 is 0 Å². The Bertz CT molecular complexity index is 1210. The Balaban J connectivity index is 1.99. The van der Waals surface area contributed by atoms with Crippen molar-refractivity contribution in [2.45, 2.75) is 13.0 Å². The quantitative estimate of drug-likeness (QED) is 0.332. The first-order valence-corrected chi connectivity index (χ1v) is 11.4. The number of ether oxygens (including phenoxy) is 2. The minimum Gasteiger partial charge on any atom is -0.504 e. The van der Waals surface area contributed by atoms with Gasteiger partial charge in [-0.2, -0.15) is 0 Å². The van der Waals surface area contributed by atoms with E-state index in [0.29, 0.717) is 16.8 Å². The number of rotatable bonds is 10. The van der Waals surface area contributed by atoms with Gasteiger partial charge in [-0.05, 0) is 48.4 Å². The second-order valence-corrected chi connectivity index (χ2v) is 7.64. The number of para-hydroxylation sites is 1. The van der Waals surface area contributed by atoms with Crippen molar-refractivity contribution in [2.75, 3.05) is 25.2 Å². The number of methoxy groups -OCH3 is 1. The summed E-state index contributed by atoms with van der Waals surface area (Å²) in [7, 11) is 1.43. The number of nitrogens with zero attached hydrogens (tertiary/aromatic N) is 1. The third kappa shape index (κ3) is 6.73. The fourth-order valence-electron chi connectivity index (χ4n) is 3.56. The van der Waals surface area contributed by atoms with Crippen LogP contribution in [0.3, 0.4) is 0 Å². The molecule has 0 heterocycles. The second-order valence-electron chi connectivity index (χ2n) is 7.64. The van der Waals surface area contributed by atoms with Gasteiger partial charge in [-0.1, -0.05) is 54.6 Å². The van der Waals surface area contributed by atoms with Crippen molar-refractivity contribution in [2.24, 2.45) is 0 Å². The summed E-state index contributed by atoms with van der Waals surface area (Å²) in [5.74, 6) is -1.32. The topological polar surface area (TPSA) is 105 Å². The van der Waals surface area contributed by atoms with Gasteiger partial charge in [0, 0.05) is 11.8 Å². The number of nitrogens with one attached hydrogen (secondary N) is 1. The fourth-order valence-corrected chi connectivity index (χ4v) is 3.56. The van der Waals surface area contributed by atoms with Gasteiger partial charge in [-0.25, -0.2) is 0 Å². The maximum atomic E-state index is 13.6. The first-order valence-electron chi connectivity index (χ1n) is 11.4. The number of anilines is 1. The zero-order valence-corrected chi connectivity index (χ0v) is 20.1. The van der Waals surface area contributed by atoms with Crippen LogP contribution in [0.25, 0.3) is 6.08 Å². The van der Waals surface area contributed by atoms with Crippen molar-refractivity contribution in [3.05, 3.63) is 96.1 Å². The van der Waals surface area contributed by atoms with Crippen LogP contribution in [-0.2, 0) is 19.1 Å². The van der Waals surface area contributed by atoms with Crippen LogP contribution in [0.5, 0.6) is 11.5 Å². The van der Waals surface area contributed by atoms with Crippen LogP contribution in [0.15, 0.2) is 84.9 Å². The van der Waals surface area contributed by atoms with Crippen molar-refractivity contribution in [3.63, 3.8) is 0 Å². The van der Waals surface area contributed by atoms with Crippen LogP contribution in [0.4, 0.5) is 5.69 Å². The number of aromatic hydroxyl groups is 1. The maximum absolute atomic E-state index is 13.6. The highest BCUT2D eigenvalue weighted by Crippen LogP contribution is 2.29. The molecule has 0 spiro atoms. The number of carbonyl (C=O) groups is 3. The number of carbonyl (C=O) groups excluding carboxylic acids is 3. The lowest BCUT2D eigenvalue weighted by molar-refractivity contribution is -0.143. The average Bonchev–Trinajstić information content (AvgIpc) is 2.90. The van der Waals surface area contributed by atoms with Gasteiger partial charge in [0.1, 0.15) is 12.6 Å². The van der Waals surface area contributed by atoms with E-state index >= 15 is 0 Å². The zero-order valence-electron chi connectivity index (χ0n) is 20.1. The highest BCUT2D eigenvalue weighted by Gasteiger charge is 2.32. The normalized spacial score (nSPS) is 11.5. The Hall–Kier alpha value is -4.59. The molecule has 0 saturated heterocycles. The molecule has 0 fully saturated rings. The van der Waals surface area contributed by atoms with Gasteiger partial charge < -0.3 is 19.9 Å². The van der Waals surface area contributed by atoms with Crippen LogP contribution in [-0.4, -0.2) is 43.2 Å². The first-order chi connectivity index (χ1) is 17.4. The second kappa shape index (κ2) is 12.8. The summed E-state index contributed by atoms with van der Waals surface area (Å²) >= 11 is 0. The van der Waals surface area contributed by atoms with Gasteiger partial charge in [0.15, 0.2) is 11.5 Å². The standard InChI is InChI=1S/C28H28N2O6/c1-3-36-26(33)19-29-28(34)27(21-10-6-4-7-11-21)30(22-12-8-5-9-13-22)25(32)17-15-20-14-16-23(31)24(18-20)35-2/h4-18,27,31H,3,19H2,1-2H3,(H,29,34)/b17-15+. The van der Waals surface area contributed by atoms with E-state index in [4.69, 9.17) is 9.47 Å². The summed E-state index contributed by atoms with van der Waals surface area (Å²) in [4.78, 5) is 40.2. The molecule has 3 rings (SSSR count). The molecule has 1 atom stereocenters. The van der Waals surface area contributed by atoms with E-state index < -0.39 is 23.8 Å². The van der Waals surface area contributed by atoms with E-state index in [9.17, 15) is 19.5 Å². The van der Waals surface area contributed by atoms with Crippen LogP contribution in [0.2, 0.25) is 0 Å². The van der Waals surface area contributed by atoms with Crippen molar-refractivity contribution in [3.8, 4) is 11.5 Å². The van der Waals surface area contributed by atoms with E-state index in [1.165, 1.54) is 24.2 Å². The molecular weight excluding hydrogens is 460 g/mol. The summed E-state index contributed by atoms with van der Waals surface area (Å²) in [6.07, 6.45) is 2.91. The number of hydrogen-bond donors (Lipinski definition) is 2. The number of benzene rings is 3. The van der Waals surface area contributed by atoms with Crippen molar-refractivity contribution < 1.29 is 29.0 Å². The lowest BCUT2D eigenvalue weighted by atomic mass is 10.0. The molecule has 8 heteroatoms. The number of esters is 1. The molecule has 3 aromatic rings. The average molecular weight is 489 g/mol. The molecule has 0 saturated carbocycles. The van der Waals surface area contributed by atoms with Gasteiger partial charge >= 0.3 is 5.97 Å². The lowest BCUT2D eigenvalue weighted by Crippen LogP contribution is -2.44. The van der Waals surface area contributed by atoms with Crippen molar-refractivity contribution in [1.29, 1.82) is 0 Å². The molecular formula is C28H28N2O6. The molecule has 0 aliphatic carbocycles. The van der Waals surface area contributed by atoms with Crippen LogP contribution in [0.1, 0.15) is 24.1 Å². The Morgan fingerprint density at radius 3 is 2.31 bits per heavy atom. The Kier molecular flexibility index (Phi) is 9.22. The third-order valence-electron chi connectivity index (χ3n) is 5.23. The molecule has 0 aliphatic heterocycles. The van der Waals surface area contributed by atoms with Gasteiger partial charge in [-0.3, -0.25) is 19.3 Å². The van der Waals surface area contributed by atoms with E-state index in [0.717, 1.165) is 0 Å². The van der Waals surface area contributed by atoms with Gasteiger partial charge in [0.05, 0.1) is 13.7 Å². The molecule has 36 heavy (non-hydrogen) atoms. The summed E-state index contributed by atoms with van der Waals surface area (Å²) in [6, 6.07) is 21.3. The van der Waals surface area contributed by atoms with Gasteiger partial charge in [0.25, 0.3) is 5.91 Å². The summed E-state index contributed by atoms with van der Waals surface area (Å²) < 4.78 is 10.0. The van der Waals surface area contributed by atoms with Crippen molar-refractivity contribution in [1.82, 2.24) is 5.32 Å². The highest BCUT2D eigenvalue weighted by molar-refractivity contribution is 6.08. The molecule has 0 radical (unpaired) electrons. The molecule has 3 aromatic carbocycles. The zero-order chi connectivity index (χ0) is 25.9. The van der Waals surface area contributed by atoms with E-state index in [1.807, 2.05) is 12.1 Å². The third-order valence-corrected chi connectivity index (χ3v) is 5.23. The minimum atomic E-state index is -1.06. The van der Waals surface area contributed by atoms with E-state index in [-0.39, 0.29) is 24.7 Å². The smallest absolute Gasteiger partial charge is 0.325 e. The van der Waals surface area contributed by atoms with Crippen molar-refractivity contribution >= 4 is 29.5 Å². The number of phenols is 1. The molecule has 2 amide bonds. The molecule has 8 nitrogen and oxygen atoms in total. The summed E-state index contributed by atoms with van der Waals surface area (Å²) in [6.45, 7) is 1.55. The predicted molar refractivity (Wildman–Crippen MR) is 136 cm³/mol.